The van der Waals surface area contributed by atoms with E-state index in [4.69, 9.17) is 11.6 Å². The van der Waals surface area contributed by atoms with Gasteiger partial charge in [0.2, 0.25) is 0 Å². The molecule has 1 atom stereocenters. The van der Waals surface area contributed by atoms with E-state index < -0.39 is 0 Å². The highest BCUT2D eigenvalue weighted by Gasteiger charge is 2.32. The minimum Gasteiger partial charge on any atom is -0.272 e. The summed E-state index contributed by atoms with van der Waals surface area (Å²) in [5.41, 5.74) is 2.95. The number of alkyl halides is 1. The van der Waals surface area contributed by atoms with E-state index in [9.17, 15) is 4.79 Å². The lowest BCUT2D eigenvalue weighted by molar-refractivity contribution is -0.130. The molecule has 0 N–H and O–H groups in total. The number of carbonyl (C=O) groups excluding carboxylic acids is 1. The second-order valence-corrected chi connectivity index (χ2v) is 7.30. The zero-order chi connectivity index (χ0) is 16.4. The Bertz CT molecular complexity index is 744. The molecule has 0 spiro atoms. The van der Waals surface area contributed by atoms with Crippen molar-refractivity contribution >= 4 is 55.1 Å². The average Bonchev–Trinajstić information content (AvgIpc) is 3.00. The van der Waals surface area contributed by atoms with E-state index >= 15 is 0 Å². The van der Waals surface area contributed by atoms with Crippen LogP contribution in [-0.2, 0) is 4.79 Å². The molecule has 0 bridgehead atoms. The van der Waals surface area contributed by atoms with Gasteiger partial charge in [-0.05, 0) is 35.4 Å². The van der Waals surface area contributed by atoms with Gasteiger partial charge >= 0.3 is 0 Å². The number of rotatable bonds is 3. The Morgan fingerprint density at radius 1 is 1.09 bits per heavy atom. The van der Waals surface area contributed by atoms with E-state index in [1.165, 1.54) is 5.01 Å². The monoisotopic (exact) mass is 454 g/mol. The van der Waals surface area contributed by atoms with Crippen molar-refractivity contribution in [2.75, 3.05) is 5.88 Å². The number of nitrogens with zero attached hydrogens (tertiary/aromatic N) is 2. The summed E-state index contributed by atoms with van der Waals surface area (Å²) in [5.74, 6) is -0.267. The molecule has 118 valence electrons. The molecule has 6 heteroatoms. The van der Waals surface area contributed by atoms with Crippen molar-refractivity contribution in [2.24, 2.45) is 5.10 Å². The van der Waals surface area contributed by atoms with Crippen LogP contribution in [0.3, 0.4) is 0 Å². The molecule has 3 nitrogen and oxygen atoms in total. The number of benzene rings is 2. The summed E-state index contributed by atoms with van der Waals surface area (Å²) in [6.07, 6.45) is 0.673. The fourth-order valence-electron chi connectivity index (χ4n) is 2.56. The molecule has 23 heavy (non-hydrogen) atoms. The van der Waals surface area contributed by atoms with Gasteiger partial charge in [-0.25, -0.2) is 5.01 Å². The van der Waals surface area contributed by atoms with Crippen LogP contribution in [0.2, 0.25) is 0 Å². The maximum absolute atomic E-state index is 12.2. The second-order valence-electron chi connectivity index (χ2n) is 5.20. The maximum Gasteiger partial charge on any atom is 0.258 e. The first kappa shape index (κ1) is 16.7. The second kappa shape index (κ2) is 7.16. The van der Waals surface area contributed by atoms with Gasteiger partial charge in [-0.3, -0.25) is 4.79 Å². The summed E-state index contributed by atoms with van der Waals surface area (Å²) in [6.45, 7) is 0. The van der Waals surface area contributed by atoms with Crippen LogP contribution in [0.1, 0.15) is 23.6 Å². The first-order valence-corrected chi connectivity index (χ1v) is 9.17. The standard InChI is InChI=1S/C17H13Br2ClN2O/c18-13-5-1-11(2-6-13)15-9-16(22(21-15)17(23)10-20)12-3-7-14(19)8-4-12/h1-8,16H,9-10H2. The molecule has 0 aliphatic carbocycles. The van der Waals surface area contributed by atoms with Crippen LogP contribution < -0.4 is 0 Å². The predicted molar refractivity (Wildman–Crippen MR) is 99.7 cm³/mol. The third kappa shape index (κ3) is 3.67. The highest BCUT2D eigenvalue weighted by molar-refractivity contribution is 9.10. The molecular formula is C17H13Br2ClN2O. The van der Waals surface area contributed by atoms with Gasteiger partial charge in [-0.2, -0.15) is 5.10 Å². The molecule has 1 unspecified atom stereocenters. The van der Waals surface area contributed by atoms with Crippen LogP contribution in [0, 0.1) is 0 Å². The Balaban J connectivity index is 1.93. The Morgan fingerprint density at radius 2 is 1.65 bits per heavy atom. The van der Waals surface area contributed by atoms with Crippen molar-refractivity contribution in [3.63, 3.8) is 0 Å². The number of hydrogen-bond acceptors (Lipinski definition) is 2. The first-order chi connectivity index (χ1) is 11.1. The van der Waals surface area contributed by atoms with Crippen LogP contribution in [0.15, 0.2) is 62.6 Å². The predicted octanol–water partition coefficient (Wildman–Crippen LogP) is 5.13. The molecule has 1 aliphatic heterocycles. The van der Waals surface area contributed by atoms with Gasteiger partial charge in [0.15, 0.2) is 0 Å². The molecule has 0 fully saturated rings. The van der Waals surface area contributed by atoms with E-state index in [1.54, 1.807) is 0 Å². The van der Waals surface area contributed by atoms with Crippen LogP contribution in [0.25, 0.3) is 0 Å². The van der Waals surface area contributed by atoms with Crippen LogP contribution in [0.4, 0.5) is 0 Å². The quantitative estimate of drug-likeness (QED) is 0.590. The number of halogens is 3. The molecule has 0 saturated carbocycles. The van der Waals surface area contributed by atoms with Gasteiger partial charge in [-0.1, -0.05) is 56.1 Å². The molecule has 1 aliphatic rings. The van der Waals surface area contributed by atoms with Crippen molar-refractivity contribution < 1.29 is 4.79 Å². The molecule has 1 heterocycles. The van der Waals surface area contributed by atoms with Crippen LogP contribution >= 0.6 is 43.5 Å². The minimum absolute atomic E-state index is 0.0792. The smallest absolute Gasteiger partial charge is 0.258 e. The van der Waals surface area contributed by atoms with E-state index in [-0.39, 0.29) is 17.8 Å². The summed E-state index contributed by atoms with van der Waals surface area (Å²) < 4.78 is 2.02. The number of hydrogen-bond donors (Lipinski definition) is 0. The lowest BCUT2D eigenvalue weighted by Gasteiger charge is -2.21. The number of carbonyl (C=O) groups is 1. The summed E-state index contributed by atoms with van der Waals surface area (Å²) in [7, 11) is 0. The van der Waals surface area contributed by atoms with Crippen LogP contribution in [-0.4, -0.2) is 22.5 Å². The van der Waals surface area contributed by atoms with E-state index in [0.29, 0.717) is 6.42 Å². The topological polar surface area (TPSA) is 32.7 Å². The molecular weight excluding hydrogens is 443 g/mol. The Hall–Kier alpha value is -1.17. The Kier molecular flexibility index (Phi) is 5.19. The number of hydrazone groups is 1. The first-order valence-electron chi connectivity index (χ1n) is 7.05. The Labute approximate surface area is 156 Å². The van der Waals surface area contributed by atoms with Gasteiger partial charge in [-0.15, -0.1) is 11.6 Å². The number of amides is 1. The molecule has 3 rings (SSSR count). The highest BCUT2D eigenvalue weighted by atomic mass is 79.9. The summed E-state index contributed by atoms with van der Waals surface area (Å²) in [5, 5.41) is 6.04. The normalized spacial score (nSPS) is 17.3. The fourth-order valence-corrected chi connectivity index (χ4v) is 3.21. The lowest BCUT2D eigenvalue weighted by Crippen LogP contribution is -2.27. The minimum atomic E-state index is -0.188. The summed E-state index contributed by atoms with van der Waals surface area (Å²) >= 11 is 12.6. The highest BCUT2D eigenvalue weighted by Crippen LogP contribution is 2.33. The van der Waals surface area contributed by atoms with Crippen molar-refractivity contribution in [1.82, 2.24) is 5.01 Å². The zero-order valence-electron chi connectivity index (χ0n) is 12.0. The zero-order valence-corrected chi connectivity index (χ0v) is 16.0. The largest absolute Gasteiger partial charge is 0.272 e. The fraction of sp³-hybridized carbons (Fsp3) is 0.176. The SMILES string of the molecule is O=C(CCl)N1N=C(c2ccc(Br)cc2)CC1c1ccc(Br)cc1. The van der Waals surface area contributed by atoms with E-state index in [1.807, 2.05) is 48.5 Å². The van der Waals surface area contributed by atoms with Gasteiger partial charge in [0.05, 0.1) is 11.8 Å². The molecule has 0 radical (unpaired) electrons. The maximum atomic E-state index is 12.2. The van der Waals surface area contributed by atoms with E-state index in [0.717, 1.165) is 25.8 Å². The van der Waals surface area contributed by atoms with Crippen molar-refractivity contribution in [2.45, 2.75) is 12.5 Å². The van der Waals surface area contributed by atoms with Gasteiger partial charge in [0.25, 0.3) is 5.91 Å². The third-order valence-electron chi connectivity index (χ3n) is 3.71. The Morgan fingerprint density at radius 3 is 2.22 bits per heavy atom. The van der Waals surface area contributed by atoms with Crippen LogP contribution in [0.5, 0.6) is 0 Å². The van der Waals surface area contributed by atoms with Crippen molar-refractivity contribution in [1.29, 1.82) is 0 Å². The molecule has 1 amide bonds. The molecule has 2 aromatic carbocycles. The third-order valence-corrected chi connectivity index (χ3v) is 5.00. The molecule has 0 saturated heterocycles. The van der Waals surface area contributed by atoms with E-state index in [2.05, 4.69) is 37.0 Å². The van der Waals surface area contributed by atoms with Crippen molar-refractivity contribution in [3.05, 3.63) is 68.6 Å². The lowest BCUT2D eigenvalue weighted by atomic mass is 9.98. The average molecular weight is 457 g/mol. The van der Waals surface area contributed by atoms with Gasteiger partial charge in [0.1, 0.15) is 5.88 Å². The summed E-state index contributed by atoms with van der Waals surface area (Å²) in [6, 6.07) is 15.8. The van der Waals surface area contributed by atoms with Gasteiger partial charge < -0.3 is 0 Å². The summed E-state index contributed by atoms with van der Waals surface area (Å²) in [4.78, 5) is 12.2. The molecule has 0 aromatic heterocycles. The molecule has 2 aromatic rings. The van der Waals surface area contributed by atoms with Crippen molar-refractivity contribution in [3.8, 4) is 0 Å². The van der Waals surface area contributed by atoms with Gasteiger partial charge in [0, 0.05) is 15.4 Å².